The molecule has 50 heavy (non-hydrogen) atoms. The van der Waals surface area contributed by atoms with E-state index in [-0.39, 0.29) is 60.7 Å². The number of urea groups is 1. The van der Waals surface area contributed by atoms with E-state index in [1.54, 1.807) is 37.1 Å². The summed E-state index contributed by atoms with van der Waals surface area (Å²) in [6, 6.07) is 8.22. The number of alkyl halides is 3. The zero-order valence-electron chi connectivity index (χ0n) is 29.4. The standard InChI is InChI=1S/C37H51F3N4O6/c1-24-21-44(25(2)23-45)35(47)31-20-30(41-34(46)27-11-6-5-7-12-27)17-18-32(31)50-26(3)10-8-9-19-49-33(24)22-43(4)36(48)42-29-15-13-28(14-16-29)37(38,39)40/h13-18,20,24-27,33,45H,5-12,19,21-23H2,1-4H3,(H,41,46)(H,42,48)/t24-,25-,26-,33+/m0/s1. The minimum atomic E-state index is -4.48. The topological polar surface area (TPSA) is 120 Å². The minimum Gasteiger partial charge on any atom is -0.490 e. The van der Waals surface area contributed by atoms with Gasteiger partial charge < -0.3 is 35.0 Å². The molecule has 4 amide bonds. The van der Waals surface area contributed by atoms with Crippen molar-refractivity contribution in [3.8, 4) is 5.75 Å². The fraction of sp³-hybridized carbons (Fsp3) is 0.595. The fourth-order valence-corrected chi connectivity index (χ4v) is 6.39. The molecule has 4 rings (SSSR count). The van der Waals surface area contributed by atoms with Crippen molar-refractivity contribution in [1.29, 1.82) is 0 Å². The van der Waals surface area contributed by atoms with E-state index >= 15 is 0 Å². The predicted molar refractivity (Wildman–Crippen MR) is 185 cm³/mol. The van der Waals surface area contributed by atoms with E-state index in [4.69, 9.17) is 9.47 Å². The summed E-state index contributed by atoms with van der Waals surface area (Å²) in [5, 5.41) is 15.9. The van der Waals surface area contributed by atoms with E-state index in [2.05, 4.69) is 10.6 Å². The first-order valence-corrected chi connectivity index (χ1v) is 17.6. The molecule has 2 aromatic carbocycles. The highest BCUT2D eigenvalue weighted by Crippen LogP contribution is 2.31. The molecular weight excluding hydrogens is 653 g/mol. The lowest BCUT2D eigenvalue weighted by Crippen LogP contribution is -2.48. The van der Waals surface area contributed by atoms with Crippen LogP contribution in [0.15, 0.2) is 42.5 Å². The Morgan fingerprint density at radius 2 is 1.64 bits per heavy atom. The molecule has 1 fully saturated rings. The average molecular weight is 705 g/mol. The monoisotopic (exact) mass is 704 g/mol. The first kappa shape index (κ1) is 39.0. The van der Waals surface area contributed by atoms with Gasteiger partial charge in [-0.3, -0.25) is 9.59 Å². The third-order valence-electron chi connectivity index (χ3n) is 9.56. The fourth-order valence-electron chi connectivity index (χ4n) is 6.39. The van der Waals surface area contributed by atoms with Gasteiger partial charge in [-0.15, -0.1) is 0 Å². The Labute approximate surface area is 292 Å². The number of nitrogens with one attached hydrogen (secondary N) is 2. The van der Waals surface area contributed by atoms with Gasteiger partial charge in [-0.2, -0.15) is 13.2 Å². The number of ether oxygens (including phenoxy) is 2. The van der Waals surface area contributed by atoms with Gasteiger partial charge in [-0.25, -0.2) is 4.79 Å². The number of carbonyl (C=O) groups excluding carboxylic acids is 3. The average Bonchev–Trinajstić information content (AvgIpc) is 3.09. The molecule has 4 atom stereocenters. The smallest absolute Gasteiger partial charge is 0.416 e. The van der Waals surface area contributed by atoms with Crippen molar-refractivity contribution in [1.82, 2.24) is 9.80 Å². The molecule has 1 heterocycles. The summed E-state index contributed by atoms with van der Waals surface area (Å²) in [5.74, 6) is -0.421. The summed E-state index contributed by atoms with van der Waals surface area (Å²) in [4.78, 5) is 43.5. The molecule has 2 aliphatic rings. The Balaban J connectivity index is 1.55. The number of hydrogen-bond donors (Lipinski definition) is 3. The van der Waals surface area contributed by atoms with Gasteiger partial charge in [0.1, 0.15) is 5.75 Å². The maximum atomic E-state index is 14.4. The highest BCUT2D eigenvalue weighted by Gasteiger charge is 2.32. The molecule has 276 valence electrons. The number of anilines is 2. The summed E-state index contributed by atoms with van der Waals surface area (Å²) in [6.45, 7) is 5.99. The van der Waals surface area contributed by atoms with Crippen molar-refractivity contribution < 1.29 is 42.1 Å². The van der Waals surface area contributed by atoms with Gasteiger partial charge in [-0.1, -0.05) is 26.2 Å². The number of carbonyl (C=O) groups is 3. The normalized spacial score (nSPS) is 22.0. The third-order valence-corrected chi connectivity index (χ3v) is 9.56. The summed E-state index contributed by atoms with van der Waals surface area (Å²) in [7, 11) is 1.57. The van der Waals surface area contributed by atoms with Gasteiger partial charge in [0, 0.05) is 50.0 Å². The maximum absolute atomic E-state index is 14.4. The van der Waals surface area contributed by atoms with Crippen molar-refractivity contribution >= 4 is 29.2 Å². The number of aliphatic hydroxyl groups excluding tert-OH is 1. The molecule has 0 spiro atoms. The van der Waals surface area contributed by atoms with Gasteiger partial charge in [0.2, 0.25) is 5.91 Å². The molecule has 1 saturated carbocycles. The SMILES string of the molecule is C[C@H]1CCCCO[C@H](CN(C)C(=O)Nc2ccc(C(F)(F)F)cc2)[C@@H](C)CN([C@@H](C)CO)C(=O)c2cc(NC(=O)C3CCCCC3)ccc2O1. The van der Waals surface area contributed by atoms with Crippen LogP contribution in [0.25, 0.3) is 0 Å². The lowest BCUT2D eigenvalue weighted by Gasteiger charge is -2.35. The number of benzene rings is 2. The molecule has 0 aromatic heterocycles. The number of halogens is 3. The van der Waals surface area contributed by atoms with Crippen molar-refractivity contribution in [2.45, 2.75) is 96.6 Å². The second-order valence-electron chi connectivity index (χ2n) is 13.7. The zero-order chi connectivity index (χ0) is 36.4. The molecule has 0 radical (unpaired) electrons. The molecule has 2 aromatic rings. The van der Waals surface area contributed by atoms with Crippen LogP contribution in [0.1, 0.15) is 88.1 Å². The second-order valence-corrected chi connectivity index (χ2v) is 13.7. The van der Waals surface area contributed by atoms with E-state index in [1.807, 2.05) is 13.8 Å². The first-order valence-electron chi connectivity index (χ1n) is 17.6. The number of nitrogens with zero attached hydrogens (tertiary/aromatic N) is 2. The maximum Gasteiger partial charge on any atom is 0.416 e. The number of likely N-dealkylation sites (N-methyl/N-ethyl adjacent to an activating group) is 1. The van der Waals surface area contributed by atoms with Crippen LogP contribution in [0.2, 0.25) is 0 Å². The van der Waals surface area contributed by atoms with Crippen LogP contribution < -0.4 is 15.4 Å². The Kier molecular flexibility index (Phi) is 13.9. The Morgan fingerprint density at radius 1 is 0.980 bits per heavy atom. The van der Waals surface area contributed by atoms with Crippen LogP contribution in [0.3, 0.4) is 0 Å². The van der Waals surface area contributed by atoms with E-state index in [0.29, 0.717) is 24.5 Å². The minimum absolute atomic E-state index is 0.0621. The largest absolute Gasteiger partial charge is 0.490 e. The Bertz CT molecular complexity index is 1430. The number of fused-ring (bicyclic) bond motifs is 1. The second kappa shape index (κ2) is 17.9. The molecule has 1 aliphatic heterocycles. The molecular formula is C37H51F3N4O6. The number of hydrogen-bond acceptors (Lipinski definition) is 6. The predicted octanol–water partition coefficient (Wildman–Crippen LogP) is 7.18. The molecule has 0 bridgehead atoms. The molecule has 1 aliphatic carbocycles. The summed E-state index contributed by atoms with van der Waals surface area (Å²) < 4.78 is 51.6. The Morgan fingerprint density at radius 3 is 2.30 bits per heavy atom. The lowest BCUT2D eigenvalue weighted by atomic mass is 9.88. The number of amides is 4. The van der Waals surface area contributed by atoms with E-state index in [9.17, 15) is 32.7 Å². The van der Waals surface area contributed by atoms with Gasteiger partial charge >= 0.3 is 12.2 Å². The highest BCUT2D eigenvalue weighted by molar-refractivity contribution is 6.00. The van der Waals surface area contributed by atoms with Crippen LogP contribution in [-0.4, -0.2) is 84.4 Å². The number of aliphatic hydroxyl groups is 1. The van der Waals surface area contributed by atoms with Gasteiger partial charge in [-0.05, 0) is 88.4 Å². The van der Waals surface area contributed by atoms with Crippen LogP contribution >= 0.6 is 0 Å². The van der Waals surface area contributed by atoms with Gasteiger partial charge in [0.05, 0.1) is 36.0 Å². The summed E-state index contributed by atoms with van der Waals surface area (Å²) in [6.07, 6.45) is 1.84. The van der Waals surface area contributed by atoms with Crippen molar-refractivity contribution in [2.24, 2.45) is 11.8 Å². The van der Waals surface area contributed by atoms with Crippen LogP contribution in [0.4, 0.5) is 29.3 Å². The van der Waals surface area contributed by atoms with Crippen molar-refractivity contribution in [2.75, 3.05) is 44.0 Å². The molecule has 13 heteroatoms. The summed E-state index contributed by atoms with van der Waals surface area (Å²) in [5.41, 5.74) is 0.170. The molecule has 0 saturated heterocycles. The third kappa shape index (κ3) is 10.8. The lowest BCUT2D eigenvalue weighted by molar-refractivity contribution is -0.137. The zero-order valence-corrected chi connectivity index (χ0v) is 29.4. The van der Waals surface area contributed by atoms with Gasteiger partial charge in [0.25, 0.3) is 5.91 Å². The molecule has 10 nitrogen and oxygen atoms in total. The van der Waals surface area contributed by atoms with E-state index in [0.717, 1.165) is 57.1 Å². The molecule has 3 N–H and O–H groups in total. The van der Waals surface area contributed by atoms with Crippen LogP contribution in [0, 0.1) is 11.8 Å². The summed E-state index contributed by atoms with van der Waals surface area (Å²) >= 11 is 0. The van der Waals surface area contributed by atoms with Crippen LogP contribution in [0.5, 0.6) is 5.75 Å². The number of rotatable bonds is 7. The van der Waals surface area contributed by atoms with E-state index < -0.39 is 29.9 Å². The Hall–Kier alpha value is -3.84. The highest BCUT2D eigenvalue weighted by atomic mass is 19.4. The first-order chi connectivity index (χ1) is 23.8. The van der Waals surface area contributed by atoms with Gasteiger partial charge in [0.15, 0.2) is 0 Å². The molecule has 0 unspecified atom stereocenters. The van der Waals surface area contributed by atoms with E-state index in [1.165, 1.54) is 17.0 Å². The quantitative estimate of drug-likeness (QED) is 0.281. The van der Waals surface area contributed by atoms with Crippen molar-refractivity contribution in [3.63, 3.8) is 0 Å². The van der Waals surface area contributed by atoms with Crippen molar-refractivity contribution in [3.05, 3.63) is 53.6 Å². The van der Waals surface area contributed by atoms with Crippen LogP contribution in [-0.2, 0) is 15.7 Å².